The van der Waals surface area contributed by atoms with E-state index in [9.17, 15) is 0 Å². The van der Waals surface area contributed by atoms with Gasteiger partial charge in [0.25, 0.3) is 0 Å². The summed E-state index contributed by atoms with van der Waals surface area (Å²) in [5.74, 6) is 1.87. The summed E-state index contributed by atoms with van der Waals surface area (Å²) in [4.78, 5) is 7.25. The molecule has 1 aromatic carbocycles. The Morgan fingerprint density at radius 2 is 1.79 bits per heavy atom. The van der Waals surface area contributed by atoms with Crippen LogP contribution in [0, 0.1) is 5.41 Å². The van der Waals surface area contributed by atoms with Crippen molar-refractivity contribution in [2.24, 2.45) is 12.5 Å². The van der Waals surface area contributed by atoms with Gasteiger partial charge in [0.05, 0.1) is 6.54 Å². The number of aromatic nitrogens is 3. The minimum Gasteiger partial charge on any atom is -0.295 e. The van der Waals surface area contributed by atoms with Crippen molar-refractivity contribution in [3.8, 4) is 11.4 Å². The molecule has 0 unspecified atom stereocenters. The fraction of sp³-hybridized carbons (Fsp3) is 0.600. The lowest BCUT2D eigenvalue weighted by molar-refractivity contribution is 0.278. The molecule has 0 spiro atoms. The first-order valence-electron chi connectivity index (χ1n) is 8.87. The van der Waals surface area contributed by atoms with Crippen LogP contribution < -0.4 is 0 Å². The van der Waals surface area contributed by atoms with Crippen LogP contribution in [0.25, 0.3) is 11.4 Å². The first kappa shape index (κ1) is 17.2. The van der Waals surface area contributed by atoms with Gasteiger partial charge in [0.1, 0.15) is 0 Å². The van der Waals surface area contributed by atoms with Crippen LogP contribution in [0.5, 0.6) is 0 Å². The van der Waals surface area contributed by atoms with E-state index in [2.05, 4.69) is 68.9 Å². The van der Waals surface area contributed by atoms with Crippen molar-refractivity contribution in [2.45, 2.75) is 53.0 Å². The smallest absolute Gasteiger partial charge is 0.165 e. The summed E-state index contributed by atoms with van der Waals surface area (Å²) < 4.78 is 1.91. The van der Waals surface area contributed by atoms with E-state index in [0.717, 1.165) is 36.8 Å². The van der Waals surface area contributed by atoms with Crippen molar-refractivity contribution >= 4 is 0 Å². The molecule has 4 nitrogen and oxygen atoms in total. The van der Waals surface area contributed by atoms with Gasteiger partial charge in [-0.05, 0) is 29.4 Å². The van der Waals surface area contributed by atoms with Crippen molar-refractivity contribution in [3.63, 3.8) is 0 Å². The third-order valence-corrected chi connectivity index (χ3v) is 4.94. The van der Waals surface area contributed by atoms with Gasteiger partial charge < -0.3 is 0 Å². The summed E-state index contributed by atoms with van der Waals surface area (Å²) in [5, 5.41) is 4.63. The molecule has 3 rings (SSSR count). The quantitative estimate of drug-likeness (QED) is 0.854. The molecule has 1 saturated heterocycles. The topological polar surface area (TPSA) is 34.0 Å². The Kier molecular flexibility index (Phi) is 4.28. The van der Waals surface area contributed by atoms with Crippen LogP contribution in [0.15, 0.2) is 24.3 Å². The second-order valence-electron chi connectivity index (χ2n) is 8.93. The van der Waals surface area contributed by atoms with Crippen LogP contribution in [-0.4, -0.2) is 32.8 Å². The number of benzene rings is 1. The average Bonchev–Trinajstić information content (AvgIpc) is 3.01. The monoisotopic (exact) mass is 326 g/mol. The first-order valence-corrected chi connectivity index (χ1v) is 8.87. The van der Waals surface area contributed by atoms with Crippen molar-refractivity contribution < 1.29 is 0 Å². The zero-order valence-corrected chi connectivity index (χ0v) is 15.9. The van der Waals surface area contributed by atoms with Crippen molar-refractivity contribution in [1.29, 1.82) is 0 Å². The van der Waals surface area contributed by atoms with E-state index in [1.807, 2.05) is 11.7 Å². The predicted octanol–water partition coefficient (Wildman–Crippen LogP) is 4.01. The predicted molar refractivity (Wildman–Crippen MR) is 98.8 cm³/mol. The minimum absolute atomic E-state index is 0.173. The van der Waals surface area contributed by atoms with Crippen molar-refractivity contribution in [3.05, 3.63) is 35.7 Å². The lowest BCUT2D eigenvalue weighted by Gasteiger charge is -2.19. The summed E-state index contributed by atoms with van der Waals surface area (Å²) in [6, 6.07) is 8.72. The van der Waals surface area contributed by atoms with E-state index in [0.29, 0.717) is 5.41 Å². The largest absolute Gasteiger partial charge is 0.295 e. The SMILES string of the molecule is Cn1nc(CN2CCC(C)(C)C2)nc1-c1ccc(C(C)(C)C)cc1. The van der Waals surface area contributed by atoms with Gasteiger partial charge in [0.15, 0.2) is 11.6 Å². The Labute approximate surface area is 145 Å². The summed E-state index contributed by atoms with van der Waals surface area (Å²) in [6.45, 7) is 14.5. The maximum Gasteiger partial charge on any atom is 0.165 e. The van der Waals surface area contributed by atoms with Crippen molar-refractivity contribution in [2.75, 3.05) is 13.1 Å². The number of hydrogen-bond acceptors (Lipinski definition) is 3. The summed E-state index contributed by atoms with van der Waals surface area (Å²) in [6.07, 6.45) is 1.25. The van der Waals surface area contributed by atoms with Gasteiger partial charge in [-0.3, -0.25) is 4.90 Å². The standard InChI is InChI=1S/C20H30N4/c1-19(2,3)16-9-7-15(8-10-16)18-21-17(22-23(18)6)13-24-12-11-20(4,5)14-24/h7-10H,11-14H2,1-6H3. The molecular formula is C20H30N4. The Hall–Kier alpha value is -1.68. The normalized spacial score (nSPS) is 18.2. The van der Waals surface area contributed by atoms with Crippen LogP contribution >= 0.6 is 0 Å². The van der Waals surface area contributed by atoms with Gasteiger partial charge in [0.2, 0.25) is 0 Å². The molecule has 2 aromatic rings. The third-order valence-electron chi connectivity index (χ3n) is 4.94. The van der Waals surface area contributed by atoms with Crippen LogP contribution in [-0.2, 0) is 19.0 Å². The van der Waals surface area contributed by atoms with Gasteiger partial charge in [-0.25, -0.2) is 9.67 Å². The zero-order valence-electron chi connectivity index (χ0n) is 15.9. The van der Waals surface area contributed by atoms with Crippen molar-refractivity contribution in [1.82, 2.24) is 19.7 Å². The van der Waals surface area contributed by atoms with Gasteiger partial charge in [0, 0.05) is 19.2 Å². The second kappa shape index (κ2) is 5.99. The molecule has 1 aliphatic heterocycles. The molecular weight excluding hydrogens is 296 g/mol. The lowest BCUT2D eigenvalue weighted by Crippen LogP contribution is -2.23. The highest BCUT2D eigenvalue weighted by atomic mass is 15.3. The highest BCUT2D eigenvalue weighted by Gasteiger charge is 2.29. The van der Waals surface area contributed by atoms with Gasteiger partial charge in [-0.1, -0.05) is 58.9 Å². The molecule has 130 valence electrons. The number of aryl methyl sites for hydroxylation is 1. The summed E-state index contributed by atoms with van der Waals surface area (Å²) >= 11 is 0. The Balaban J connectivity index is 1.77. The molecule has 0 radical (unpaired) electrons. The summed E-state index contributed by atoms with van der Waals surface area (Å²) in [7, 11) is 1.98. The number of hydrogen-bond donors (Lipinski definition) is 0. The Morgan fingerprint density at radius 3 is 2.33 bits per heavy atom. The fourth-order valence-electron chi connectivity index (χ4n) is 3.43. The molecule has 0 N–H and O–H groups in total. The molecule has 0 saturated carbocycles. The Bertz CT molecular complexity index is 704. The van der Waals surface area contributed by atoms with E-state index in [-0.39, 0.29) is 5.41 Å². The zero-order chi connectivity index (χ0) is 17.5. The number of nitrogens with zero attached hydrogens (tertiary/aromatic N) is 4. The maximum absolute atomic E-state index is 4.79. The average molecular weight is 326 g/mol. The molecule has 0 amide bonds. The van der Waals surface area contributed by atoms with E-state index >= 15 is 0 Å². The van der Waals surface area contributed by atoms with Crippen LogP contribution in [0.2, 0.25) is 0 Å². The van der Waals surface area contributed by atoms with Gasteiger partial charge in [-0.15, -0.1) is 0 Å². The highest BCUT2D eigenvalue weighted by Crippen LogP contribution is 2.30. The summed E-state index contributed by atoms with van der Waals surface area (Å²) in [5.41, 5.74) is 3.06. The molecule has 1 aliphatic rings. The van der Waals surface area contributed by atoms with E-state index < -0.39 is 0 Å². The third kappa shape index (κ3) is 3.69. The highest BCUT2D eigenvalue weighted by molar-refractivity contribution is 5.56. The number of rotatable bonds is 3. The molecule has 1 fully saturated rings. The molecule has 0 atom stereocenters. The molecule has 0 bridgehead atoms. The lowest BCUT2D eigenvalue weighted by atomic mass is 9.87. The molecule has 0 aliphatic carbocycles. The maximum atomic E-state index is 4.79. The minimum atomic E-state index is 0.173. The molecule has 1 aromatic heterocycles. The van der Waals surface area contributed by atoms with Crippen LogP contribution in [0.3, 0.4) is 0 Å². The van der Waals surface area contributed by atoms with Crippen LogP contribution in [0.4, 0.5) is 0 Å². The van der Waals surface area contributed by atoms with E-state index in [1.165, 1.54) is 12.0 Å². The van der Waals surface area contributed by atoms with E-state index in [1.54, 1.807) is 0 Å². The first-order chi connectivity index (χ1) is 11.1. The molecule has 2 heterocycles. The number of likely N-dealkylation sites (tertiary alicyclic amines) is 1. The van der Waals surface area contributed by atoms with Gasteiger partial charge in [-0.2, -0.15) is 5.10 Å². The fourth-order valence-corrected chi connectivity index (χ4v) is 3.43. The molecule has 24 heavy (non-hydrogen) atoms. The van der Waals surface area contributed by atoms with Gasteiger partial charge >= 0.3 is 0 Å². The second-order valence-corrected chi connectivity index (χ2v) is 8.93. The van der Waals surface area contributed by atoms with Crippen LogP contribution in [0.1, 0.15) is 52.4 Å². The van der Waals surface area contributed by atoms with E-state index in [4.69, 9.17) is 4.98 Å². The molecule has 4 heteroatoms. The Morgan fingerprint density at radius 1 is 1.12 bits per heavy atom.